The Labute approximate surface area is 133 Å². The Morgan fingerprint density at radius 2 is 2.14 bits per heavy atom. The van der Waals surface area contributed by atoms with Crippen LogP contribution in [0, 0.1) is 5.92 Å². The van der Waals surface area contributed by atoms with E-state index in [0.717, 1.165) is 32.4 Å². The quantitative estimate of drug-likeness (QED) is 0.543. The maximum absolute atomic E-state index is 5.89. The summed E-state index contributed by atoms with van der Waals surface area (Å²) in [5.41, 5.74) is 9.85. The van der Waals surface area contributed by atoms with Crippen molar-refractivity contribution in [1.82, 2.24) is 10.3 Å². The third-order valence-corrected chi connectivity index (χ3v) is 3.96. The topological polar surface area (TPSA) is 66.2 Å². The number of hydrogen-bond donors (Lipinski definition) is 3. The molecule has 0 fully saturated rings. The number of nitrogens with zero attached hydrogens (tertiary/aromatic N) is 1. The van der Waals surface area contributed by atoms with Crippen molar-refractivity contribution in [2.45, 2.75) is 40.0 Å². The molecule has 1 heterocycles. The van der Waals surface area contributed by atoms with E-state index >= 15 is 0 Å². The molecule has 0 amide bonds. The Morgan fingerprint density at radius 3 is 2.86 bits per heavy atom. The molecule has 0 aliphatic rings. The molecular formula is C18H28N4. The van der Waals surface area contributed by atoms with Crippen LogP contribution >= 0.6 is 0 Å². The van der Waals surface area contributed by atoms with Gasteiger partial charge in [0.25, 0.3) is 0 Å². The zero-order valence-electron chi connectivity index (χ0n) is 13.9. The number of aromatic amines is 1. The van der Waals surface area contributed by atoms with Gasteiger partial charge in [0.05, 0.1) is 0 Å². The van der Waals surface area contributed by atoms with Crippen LogP contribution in [-0.4, -0.2) is 24.0 Å². The van der Waals surface area contributed by atoms with E-state index in [1.165, 1.54) is 22.0 Å². The first-order valence-electron chi connectivity index (χ1n) is 8.23. The fraction of sp³-hybridized carbons (Fsp3) is 0.500. The second-order valence-electron chi connectivity index (χ2n) is 6.13. The molecule has 0 atom stereocenters. The zero-order chi connectivity index (χ0) is 15.9. The highest BCUT2D eigenvalue weighted by molar-refractivity contribution is 5.86. The average molecular weight is 300 g/mol. The third kappa shape index (κ3) is 4.26. The SMILES string of the molecule is CCc1cccc2c(CCNC(N)=NCCC(C)C)c[nH]c12. The van der Waals surface area contributed by atoms with Gasteiger partial charge in [-0.15, -0.1) is 0 Å². The van der Waals surface area contributed by atoms with Gasteiger partial charge in [-0.05, 0) is 36.3 Å². The normalized spacial score (nSPS) is 12.3. The Kier molecular flexibility index (Phi) is 5.87. The molecule has 0 bridgehead atoms. The number of benzene rings is 1. The molecule has 0 saturated carbocycles. The van der Waals surface area contributed by atoms with Crippen molar-refractivity contribution < 1.29 is 0 Å². The molecule has 0 aliphatic heterocycles. The molecule has 1 aromatic carbocycles. The molecule has 22 heavy (non-hydrogen) atoms. The van der Waals surface area contributed by atoms with Crippen LogP contribution in [-0.2, 0) is 12.8 Å². The van der Waals surface area contributed by atoms with Gasteiger partial charge in [-0.3, -0.25) is 4.99 Å². The number of aryl methyl sites for hydroxylation is 1. The number of para-hydroxylation sites is 1. The number of H-pyrrole nitrogens is 1. The van der Waals surface area contributed by atoms with Crippen LogP contribution in [0.3, 0.4) is 0 Å². The van der Waals surface area contributed by atoms with E-state index in [9.17, 15) is 0 Å². The molecule has 0 saturated heterocycles. The van der Waals surface area contributed by atoms with Crippen molar-refractivity contribution in [3.8, 4) is 0 Å². The zero-order valence-corrected chi connectivity index (χ0v) is 13.9. The van der Waals surface area contributed by atoms with Crippen molar-refractivity contribution in [2.75, 3.05) is 13.1 Å². The number of nitrogens with two attached hydrogens (primary N) is 1. The Morgan fingerprint density at radius 1 is 1.32 bits per heavy atom. The van der Waals surface area contributed by atoms with Gasteiger partial charge in [0.15, 0.2) is 5.96 Å². The largest absolute Gasteiger partial charge is 0.370 e. The molecule has 1 aromatic heterocycles. The van der Waals surface area contributed by atoms with Gasteiger partial charge in [0, 0.05) is 30.2 Å². The molecule has 0 spiro atoms. The summed E-state index contributed by atoms with van der Waals surface area (Å²) in [7, 11) is 0. The molecule has 120 valence electrons. The van der Waals surface area contributed by atoms with Crippen LogP contribution in [0.15, 0.2) is 29.4 Å². The lowest BCUT2D eigenvalue weighted by Crippen LogP contribution is -2.33. The van der Waals surface area contributed by atoms with E-state index in [4.69, 9.17) is 5.73 Å². The number of aliphatic imine (C=N–C) groups is 1. The van der Waals surface area contributed by atoms with Crippen LogP contribution in [0.25, 0.3) is 10.9 Å². The lowest BCUT2D eigenvalue weighted by molar-refractivity contribution is 0.595. The molecule has 0 unspecified atom stereocenters. The number of fused-ring (bicyclic) bond motifs is 1. The first-order valence-corrected chi connectivity index (χ1v) is 8.23. The molecule has 4 nitrogen and oxygen atoms in total. The van der Waals surface area contributed by atoms with E-state index < -0.39 is 0 Å². The van der Waals surface area contributed by atoms with E-state index in [1.54, 1.807) is 0 Å². The number of aromatic nitrogens is 1. The molecule has 4 N–H and O–H groups in total. The number of guanidine groups is 1. The van der Waals surface area contributed by atoms with Crippen molar-refractivity contribution in [2.24, 2.45) is 16.6 Å². The van der Waals surface area contributed by atoms with Gasteiger partial charge >= 0.3 is 0 Å². The minimum atomic E-state index is 0.551. The Hall–Kier alpha value is -1.97. The fourth-order valence-electron chi connectivity index (χ4n) is 2.60. The second kappa shape index (κ2) is 7.87. The van der Waals surface area contributed by atoms with Gasteiger partial charge in [0.2, 0.25) is 0 Å². The Bertz CT molecular complexity index is 625. The standard InChI is InChI=1S/C18H28N4/c1-4-14-6-5-7-16-15(12-22-17(14)16)9-11-21-18(19)20-10-8-13(2)3/h5-7,12-13,22H,4,8-11H2,1-3H3,(H3,19,20,21). The van der Waals surface area contributed by atoms with E-state index in [2.05, 4.69) is 60.5 Å². The smallest absolute Gasteiger partial charge is 0.188 e. The predicted molar refractivity (Wildman–Crippen MR) is 95.3 cm³/mol. The van der Waals surface area contributed by atoms with Crippen molar-refractivity contribution >= 4 is 16.9 Å². The van der Waals surface area contributed by atoms with Crippen LogP contribution in [0.2, 0.25) is 0 Å². The van der Waals surface area contributed by atoms with Crippen LogP contribution < -0.4 is 11.1 Å². The summed E-state index contributed by atoms with van der Waals surface area (Å²) in [5.74, 6) is 1.21. The van der Waals surface area contributed by atoms with Crippen LogP contribution in [0.5, 0.6) is 0 Å². The molecule has 2 rings (SSSR count). The first kappa shape index (κ1) is 16.4. The maximum atomic E-state index is 5.89. The molecule has 0 aliphatic carbocycles. The van der Waals surface area contributed by atoms with Gasteiger partial charge in [-0.25, -0.2) is 0 Å². The van der Waals surface area contributed by atoms with E-state index in [-0.39, 0.29) is 0 Å². The Balaban J connectivity index is 1.90. The van der Waals surface area contributed by atoms with Crippen LogP contribution in [0.1, 0.15) is 38.3 Å². The summed E-state index contributed by atoms with van der Waals surface area (Å²) in [6.07, 6.45) is 5.17. The van der Waals surface area contributed by atoms with Gasteiger partial charge in [0.1, 0.15) is 0 Å². The summed E-state index contributed by atoms with van der Waals surface area (Å²) in [4.78, 5) is 7.75. The van der Waals surface area contributed by atoms with Crippen molar-refractivity contribution in [1.29, 1.82) is 0 Å². The fourth-order valence-corrected chi connectivity index (χ4v) is 2.60. The van der Waals surface area contributed by atoms with Gasteiger partial charge < -0.3 is 16.0 Å². The van der Waals surface area contributed by atoms with Gasteiger partial charge in [-0.2, -0.15) is 0 Å². The highest BCUT2D eigenvalue weighted by Gasteiger charge is 2.06. The minimum absolute atomic E-state index is 0.551. The van der Waals surface area contributed by atoms with E-state index in [0.29, 0.717) is 11.9 Å². The van der Waals surface area contributed by atoms with E-state index in [1.807, 2.05) is 0 Å². The first-order chi connectivity index (χ1) is 10.6. The van der Waals surface area contributed by atoms with Crippen LogP contribution in [0.4, 0.5) is 0 Å². The maximum Gasteiger partial charge on any atom is 0.188 e. The summed E-state index contributed by atoms with van der Waals surface area (Å²) < 4.78 is 0. The predicted octanol–water partition coefficient (Wildman–Crippen LogP) is 3.22. The summed E-state index contributed by atoms with van der Waals surface area (Å²) in [6, 6.07) is 6.49. The highest BCUT2D eigenvalue weighted by atomic mass is 15.1. The summed E-state index contributed by atoms with van der Waals surface area (Å²) >= 11 is 0. The molecule has 0 radical (unpaired) electrons. The van der Waals surface area contributed by atoms with Gasteiger partial charge in [-0.1, -0.05) is 39.0 Å². The van der Waals surface area contributed by atoms with Crippen molar-refractivity contribution in [3.05, 3.63) is 35.5 Å². The number of rotatable bonds is 7. The highest BCUT2D eigenvalue weighted by Crippen LogP contribution is 2.22. The third-order valence-electron chi connectivity index (χ3n) is 3.96. The average Bonchev–Trinajstić information content (AvgIpc) is 2.90. The number of nitrogens with one attached hydrogen (secondary N) is 2. The lowest BCUT2D eigenvalue weighted by Gasteiger charge is -2.06. The minimum Gasteiger partial charge on any atom is -0.370 e. The van der Waals surface area contributed by atoms with Crippen molar-refractivity contribution in [3.63, 3.8) is 0 Å². The second-order valence-corrected chi connectivity index (χ2v) is 6.13. The molecule has 4 heteroatoms. The summed E-state index contributed by atoms with van der Waals surface area (Å²) in [5, 5.41) is 4.52. The number of hydrogen-bond acceptors (Lipinski definition) is 1. The molecule has 2 aromatic rings. The monoisotopic (exact) mass is 300 g/mol. The lowest BCUT2D eigenvalue weighted by atomic mass is 10.1. The molecular weight excluding hydrogens is 272 g/mol. The summed E-state index contributed by atoms with van der Waals surface area (Å²) in [6.45, 7) is 8.18.